The summed E-state index contributed by atoms with van der Waals surface area (Å²) in [6.07, 6.45) is 0.128. The lowest BCUT2D eigenvalue weighted by Gasteiger charge is -2.09. The van der Waals surface area contributed by atoms with Gasteiger partial charge in [-0.15, -0.1) is 0 Å². The lowest BCUT2D eigenvalue weighted by Crippen LogP contribution is -2.17. The predicted molar refractivity (Wildman–Crippen MR) is 108 cm³/mol. The summed E-state index contributed by atoms with van der Waals surface area (Å²) in [6.45, 7) is 5.43. The Morgan fingerprint density at radius 3 is 2.43 bits per heavy atom. The van der Waals surface area contributed by atoms with Crippen LogP contribution in [0.25, 0.3) is 5.69 Å². The van der Waals surface area contributed by atoms with E-state index < -0.39 is 10.0 Å². The molecule has 0 aliphatic carbocycles. The van der Waals surface area contributed by atoms with Gasteiger partial charge in [0.1, 0.15) is 0 Å². The van der Waals surface area contributed by atoms with Crippen molar-refractivity contribution in [2.45, 2.75) is 32.1 Å². The maximum Gasteiger partial charge on any atom is 0.238 e. The fraction of sp³-hybridized carbons (Fsp3) is 0.200. The highest BCUT2D eigenvalue weighted by molar-refractivity contribution is 7.89. The number of hydrogen-bond donors (Lipinski definition) is 2. The van der Waals surface area contributed by atoms with Crippen LogP contribution in [0.5, 0.6) is 0 Å². The number of primary sulfonamides is 1. The van der Waals surface area contributed by atoms with Gasteiger partial charge < -0.3 is 5.32 Å². The quantitative estimate of drug-likeness (QED) is 0.689. The molecule has 0 aliphatic heterocycles. The first-order chi connectivity index (χ1) is 13.2. The van der Waals surface area contributed by atoms with E-state index in [9.17, 15) is 13.2 Å². The highest BCUT2D eigenvalue weighted by Gasteiger charge is 2.17. The Hall–Kier alpha value is -2.97. The average Bonchev–Trinajstić information content (AvgIpc) is 2.91. The van der Waals surface area contributed by atoms with Crippen molar-refractivity contribution in [2.24, 2.45) is 5.14 Å². The number of anilines is 1. The maximum absolute atomic E-state index is 12.5. The summed E-state index contributed by atoms with van der Waals surface area (Å²) in [4.78, 5) is 12.5. The van der Waals surface area contributed by atoms with Crippen LogP contribution < -0.4 is 10.5 Å². The number of hydrogen-bond acceptors (Lipinski definition) is 4. The molecular weight excluding hydrogens is 376 g/mol. The van der Waals surface area contributed by atoms with Gasteiger partial charge in [-0.25, -0.2) is 18.2 Å². The first-order valence-corrected chi connectivity index (χ1v) is 10.3. The Labute approximate surface area is 164 Å². The van der Waals surface area contributed by atoms with Gasteiger partial charge in [-0.1, -0.05) is 24.3 Å². The van der Waals surface area contributed by atoms with E-state index in [2.05, 4.69) is 10.4 Å². The molecule has 0 fully saturated rings. The van der Waals surface area contributed by atoms with Crippen molar-refractivity contribution < 1.29 is 13.2 Å². The molecule has 28 heavy (non-hydrogen) atoms. The summed E-state index contributed by atoms with van der Waals surface area (Å²) in [5, 5.41) is 12.5. The van der Waals surface area contributed by atoms with Crippen LogP contribution in [0.15, 0.2) is 53.4 Å². The van der Waals surface area contributed by atoms with Crippen LogP contribution in [0.2, 0.25) is 0 Å². The summed E-state index contributed by atoms with van der Waals surface area (Å²) >= 11 is 0. The van der Waals surface area contributed by atoms with Crippen molar-refractivity contribution in [3.8, 4) is 5.69 Å². The largest absolute Gasteiger partial charge is 0.326 e. The van der Waals surface area contributed by atoms with E-state index in [1.54, 1.807) is 19.1 Å². The topological polar surface area (TPSA) is 107 Å². The Morgan fingerprint density at radius 1 is 1.11 bits per heavy atom. The van der Waals surface area contributed by atoms with Crippen molar-refractivity contribution in [1.82, 2.24) is 9.78 Å². The van der Waals surface area contributed by atoms with Crippen LogP contribution in [0.3, 0.4) is 0 Å². The van der Waals surface area contributed by atoms with Crippen LogP contribution in [0, 0.1) is 20.8 Å². The number of para-hydroxylation sites is 1. The average molecular weight is 398 g/mol. The number of nitrogens with two attached hydrogens (primary N) is 1. The van der Waals surface area contributed by atoms with Gasteiger partial charge in [-0.3, -0.25) is 4.79 Å². The van der Waals surface area contributed by atoms with E-state index in [0.717, 1.165) is 22.6 Å². The smallest absolute Gasteiger partial charge is 0.238 e. The van der Waals surface area contributed by atoms with Gasteiger partial charge in [-0.2, -0.15) is 5.10 Å². The molecule has 1 amide bonds. The molecule has 2 aromatic carbocycles. The molecule has 8 heteroatoms. The lowest BCUT2D eigenvalue weighted by atomic mass is 10.1. The molecule has 7 nitrogen and oxygen atoms in total. The number of aromatic nitrogens is 2. The SMILES string of the molecule is Cc1ccc(NC(=O)Cc2c(C)nn(-c3ccccc3)c2C)cc1S(N)(=O)=O. The number of nitrogens with one attached hydrogen (secondary N) is 1. The van der Waals surface area contributed by atoms with Gasteiger partial charge in [0.2, 0.25) is 15.9 Å². The van der Waals surface area contributed by atoms with Crippen molar-refractivity contribution >= 4 is 21.6 Å². The Balaban J connectivity index is 1.82. The van der Waals surface area contributed by atoms with E-state index >= 15 is 0 Å². The Morgan fingerprint density at radius 2 is 1.79 bits per heavy atom. The third-order valence-corrected chi connectivity index (χ3v) is 5.61. The zero-order valence-corrected chi connectivity index (χ0v) is 16.7. The number of amides is 1. The number of carbonyl (C=O) groups excluding carboxylic acids is 1. The fourth-order valence-electron chi connectivity index (χ4n) is 3.10. The molecule has 0 atom stereocenters. The van der Waals surface area contributed by atoms with Gasteiger partial charge in [-0.05, 0) is 50.6 Å². The summed E-state index contributed by atoms with van der Waals surface area (Å²) < 4.78 is 25.1. The van der Waals surface area contributed by atoms with Crippen LogP contribution in [-0.2, 0) is 21.2 Å². The number of benzene rings is 2. The van der Waals surface area contributed by atoms with Gasteiger partial charge in [0.05, 0.1) is 22.7 Å². The van der Waals surface area contributed by atoms with Crippen molar-refractivity contribution in [1.29, 1.82) is 0 Å². The van der Waals surface area contributed by atoms with Crippen molar-refractivity contribution in [3.05, 3.63) is 71.0 Å². The highest BCUT2D eigenvalue weighted by atomic mass is 32.2. The maximum atomic E-state index is 12.5. The summed E-state index contributed by atoms with van der Waals surface area (Å²) in [6, 6.07) is 14.3. The van der Waals surface area contributed by atoms with E-state index in [1.807, 2.05) is 48.9 Å². The van der Waals surface area contributed by atoms with Crippen LogP contribution in [0.4, 0.5) is 5.69 Å². The molecule has 0 bridgehead atoms. The molecule has 0 aliphatic rings. The molecule has 0 radical (unpaired) electrons. The minimum atomic E-state index is -3.86. The number of rotatable bonds is 5. The molecule has 3 N–H and O–H groups in total. The third kappa shape index (κ3) is 4.13. The Bertz CT molecular complexity index is 1140. The number of aryl methyl sites for hydroxylation is 2. The number of carbonyl (C=O) groups is 1. The van der Waals surface area contributed by atoms with Gasteiger partial charge in [0.15, 0.2) is 0 Å². The summed E-state index contributed by atoms with van der Waals surface area (Å²) in [5.74, 6) is -0.261. The molecule has 0 unspecified atom stereocenters. The normalized spacial score (nSPS) is 11.4. The fourth-order valence-corrected chi connectivity index (χ4v) is 3.91. The molecule has 0 spiro atoms. The first-order valence-electron chi connectivity index (χ1n) is 8.70. The molecule has 146 valence electrons. The zero-order chi connectivity index (χ0) is 20.5. The second-order valence-electron chi connectivity index (χ2n) is 6.65. The molecule has 3 aromatic rings. The molecular formula is C20H22N4O3S. The van der Waals surface area contributed by atoms with Crippen molar-refractivity contribution in [3.63, 3.8) is 0 Å². The standard InChI is InChI=1S/C20H22N4O3S/c1-13-9-10-16(11-19(13)28(21,26)27)22-20(25)12-18-14(2)23-24(15(18)3)17-7-5-4-6-8-17/h4-11H,12H2,1-3H3,(H,22,25)(H2,21,26,27). The second kappa shape index (κ2) is 7.57. The monoisotopic (exact) mass is 398 g/mol. The van der Waals surface area contributed by atoms with Gasteiger partial charge in [0.25, 0.3) is 0 Å². The van der Waals surface area contributed by atoms with Crippen LogP contribution in [0.1, 0.15) is 22.5 Å². The molecule has 0 saturated carbocycles. The predicted octanol–water partition coefficient (Wildman–Crippen LogP) is 2.63. The summed E-state index contributed by atoms with van der Waals surface area (Å²) in [5.41, 5.74) is 4.31. The van der Waals surface area contributed by atoms with E-state index in [1.165, 1.54) is 6.07 Å². The van der Waals surface area contributed by atoms with E-state index in [-0.39, 0.29) is 17.2 Å². The summed E-state index contributed by atoms with van der Waals surface area (Å²) in [7, 11) is -3.86. The second-order valence-corrected chi connectivity index (χ2v) is 8.18. The molecule has 3 rings (SSSR count). The van der Waals surface area contributed by atoms with E-state index in [0.29, 0.717) is 11.3 Å². The highest BCUT2D eigenvalue weighted by Crippen LogP contribution is 2.21. The van der Waals surface area contributed by atoms with Gasteiger partial charge >= 0.3 is 0 Å². The first kappa shape index (κ1) is 19.8. The number of sulfonamides is 1. The van der Waals surface area contributed by atoms with E-state index in [4.69, 9.17) is 5.14 Å². The molecule has 1 heterocycles. The zero-order valence-electron chi connectivity index (χ0n) is 15.9. The minimum Gasteiger partial charge on any atom is -0.326 e. The van der Waals surface area contributed by atoms with Crippen LogP contribution >= 0.6 is 0 Å². The van der Waals surface area contributed by atoms with Crippen molar-refractivity contribution in [2.75, 3.05) is 5.32 Å². The minimum absolute atomic E-state index is 0.00504. The van der Waals surface area contributed by atoms with Crippen LogP contribution in [-0.4, -0.2) is 24.1 Å². The van der Waals surface area contributed by atoms with Gasteiger partial charge in [0, 0.05) is 16.9 Å². The Kier molecular flexibility index (Phi) is 5.35. The molecule has 1 aromatic heterocycles. The third-order valence-electron chi connectivity index (χ3n) is 4.56. The molecule has 0 saturated heterocycles. The lowest BCUT2D eigenvalue weighted by molar-refractivity contribution is -0.115. The number of nitrogens with zero attached hydrogens (tertiary/aromatic N) is 2.